The first kappa shape index (κ1) is 10.3. The minimum atomic E-state index is 0.805. The van der Waals surface area contributed by atoms with Gasteiger partial charge in [-0.15, -0.1) is 0 Å². The van der Waals surface area contributed by atoms with Gasteiger partial charge in [0.25, 0.3) is 0 Å². The van der Waals surface area contributed by atoms with Crippen LogP contribution >= 0.6 is 0 Å². The van der Waals surface area contributed by atoms with Crippen LogP contribution in [0.2, 0.25) is 0 Å². The molecule has 0 N–H and O–H groups in total. The molecule has 0 radical (unpaired) electrons. The Bertz CT molecular complexity index is 328. The third-order valence-electron chi connectivity index (χ3n) is 3.15. The van der Waals surface area contributed by atoms with Gasteiger partial charge in [-0.2, -0.15) is 0 Å². The van der Waals surface area contributed by atoms with Gasteiger partial charge in [-0.3, -0.25) is 0 Å². The van der Waals surface area contributed by atoms with E-state index in [0.717, 1.165) is 19.0 Å². The topological polar surface area (TPSA) is 3.24 Å². The van der Waals surface area contributed by atoms with E-state index in [1.54, 1.807) is 0 Å². The van der Waals surface area contributed by atoms with Gasteiger partial charge in [0.05, 0.1) is 0 Å². The maximum Gasteiger partial charge on any atom is 0.0366 e. The van der Waals surface area contributed by atoms with Crippen molar-refractivity contribution >= 4 is 5.70 Å². The molecule has 1 saturated heterocycles. The van der Waals surface area contributed by atoms with Crippen molar-refractivity contribution < 1.29 is 0 Å². The zero-order chi connectivity index (χ0) is 10.7. The molecule has 0 aromatic heterocycles. The van der Waals surface area contributed by atoms with Crippen molar-refractivity contribution in [2.45, 2.75) is 19.8 Å². The second-order valence-electron chi connectivity index (χ2n) is 4.51. The molecule has 0 bridgehead atoms. The first-order valence-electron chi connectivity index (χ1n) is 5.76. The predicted octanol–water partition coefficient (Wildman–Crippen LogP) is 3.39. The van der Waals surface area contributed by atoms with Gasteiger partial charge in [0.2, 0.25) is 0 Å². The van der Waals surface area contributed by atoms with Gasteiger partial charge in [-0.25, -0.2) is 0 Å². The Hall–Kier alpha value is -1.24. The Kier molecular flexibility index (Phi) is 3.10. The minimum absolute atomic E-state index is 0.805. The van der Waals surface area contributed by atoms with E-state index in [-0.39, 0.29) is 0 Å². The number of rotatable bonds is 2. The van der Waals surface area contributed by atoms with Crippen molar-refractivity contribution in [1.82, 2.24) is 4.90 Å². The number of piperidine rings is 1. The molecule has 1 atom stereocenters. The average Bonchev–Trinajstić information content (AvgIpc) is 2.29. The summed E-state index contributed by atoms with van der Waals surface area (Å²) < 4.78 is 0. The van der Waals surface area contributed by atoms with Gasteiger partial charge in [0, 0.05) is 18.8 Å². The van der Waals surface area contributed by atoms with E-state index >= 15 is 0 Å². The van der Waals surface area contributed by atoms with Crippen LogP contribution in [0.4, 0.5) is 0 Å². The molecule has 0 aliphatic carbocycles. The molecule has 1 aromatic carbocycles. The SMILES string of the molecule is C=C(c1ccccc1)N1CCCC(C)C1. The van der Waals surface area contributed by atoms with Crippen LogP contribution in [0.3, 0.4) is 0 Å². The van der Waals surface area contributed by atoms with Gasteiger partial charge in [-0.05, 0) is 24.3 Å². The van der Waals surface area contributed by atoms with E-state index in [2.05, 4.69) is 48.7 Å². The Morgan fingerprint density at radius 2 is 2.07 bits per heavy atom. The molecular weight excluding hydrogens is 182 g/mol. The van der Waals surface area contributed by atoms with E-state index < -0.39 is 0 Å². The number of nitrogens with zero attached hydrogens (tertiary/aromatic N) is 1. The highest BCUT2D eigenvalue weighted by atomic mass is 15.1. The molecule has 1 aliphatic rings. The zero-order valence-corrected chi connectivity index (χ0v) is 9.45. The molecule has 15 heavy (non-hydrogen) atoms. The third-order valence-corrected chi connectivity index (χ3v) is 3.15. The van der Waals surface area contributed by atoms with Crippen molar-refractivity contribution in [3.63, 3.8) is 0 Å². The summed E-state index contributed by atoms with van der Waals surface area (Å²) in [6.45, 7) is 8.86. The van der Waals surface area contributed by atoms with Gasteiger partial charge < -0.3 is 4.90 Å². The van der Waals surface area contributed by atoms with Crippen LogP contribution in [0, 0.1) is 5.92 Å². The molecule has 1 heteroatoms. The second kappa shape index (κ2) is 4.52. The lowest BCUT2D eigenvalue weighted by Crippen LogP contribution is -2.32. The van der Waals surface area contributed by atoms with Gasteiger partial charge in [0.15, 0.2) is 0 Å². The Balaban J connectivity index is 2.08. The highest BCUT2D eigenvalue weighted by Gasteiger charge is 2.17. The van der Waals surface area contributed by atoms with Crippen molar-refractivity contribution in [2.75, 3.05) is 13.1 Å². The molecule has 2 rings (SSSR count). The number of likely N-dealkylation sites (tertiary alicyclic amines) is 1. The summed E-state index contributed by atoms with van der Waals surface area (Å²) in [6.07, 6.45) is 2.66. The molecule has 1 aromatic rings. The fraction of sp³-hybridized carbons (Fsp3) is 0.429. The smallest absolute Gasteiger partial charge is 0.0366 e. The maximum atomic E-state index is 4.21. The summed E-state index contributed by atoms with van der Waals surface area (Å²) in [6, 6.07) is 10.5. The van der Waals surface area contributed by atoms with E-state index in [1.165, 1.54) is 24.1 Å². The van der Waals surface area contributed by atoms with Gasteiger partial charge in [-0.1, -0.05) is 43.8 Å². The number of hydrogen-bond acceptors (Lipinski definition) is 1. The van der Waals surface area contributed by atoms with Crippen molar-refractivity contribution in [3.05, 3.63) is 42.5 Å². The van der Waals surface area contributed by atoms with E-state index in [4.69, 9.17) is 0 Å². The third kappa shape index (κ3) is 2.41. The van der Waals surface area contributed by atoms with Gasteiger partial charge >= 0.3 is 0 Å². The summed E-state index contributed by atoms with van der Waals surface area (Å²) in [4.78, 5) is 2.42. The molecule has 1 fully saturated rings. The first-order chi connectivity index (χ1) is 7.27. The van der Waals surface area contributed by atoms with Crippen molar-refractivity contribution in [1.29, 1.82) is 0 Å². The molecule has 1 heterocycles. The fourth-order valence-electron chi connectivity index (χ4n) is 2.25. The lowest BCUT2D eigenvalue weighted by Gasteiger charge is -2.34. The molecule has 80 valence electrons. The second-order valence-corrected chi connectivity index (χ2v) is 4.51. The summed E-state index contributed by atoms with van der Waals surface area (Å²) in [7, 11) is 0. The standard InChI is InChI=1S/C14H19N/c1-12-7-6-10-15(11-12)13(2)14-8-4-3-5-9-14/h3-5,8-9,12H,2,6-7,10-11H2,1H3. The van der Waals surface area contributed by atoms with E-state index in [0.29, 0.717) is 0 Å². The van der Waals surface area contributed by atoms with Crippen LogP contribution in [-0.4, -0.2) is 18.0 Å². The van der Waals surface area contributed by atoms with Crippen LogP contribution in [0.5, 0.6) is 0 Å². The molecule has 0 amide bonds. The summed E-state index contributed by atoms with van der Waals surface area (Å²) in [5, 5.41) is 0. The largest absolute Gasteiger partial charge is 0.371 e. The Morgan fingerprint density at radius 3 is 2.73 bits per heavy atom. The normalized spacial score (nSPS) is 21.4. The molecule has 0 spiro atoms. The quantitative estimate of drug-likeness (QED) is 0.709. The van der Waals surface area contributed by atoms with Crippen LogP contribution in [-0.2, 0) is 0 Å². The number of hydrogen-bond donors (Lipinski definition) is 0. The maximum absolute atomic E-state index is 4.21. The van der Waals surface area contributed by atoms with E-state index in [9.17, 15) is 0 Å². The van der Waals surface area contributed by atoms with Crippen LogP contribution in [0.25, 0.3) is 5.70 Å². The van der Waals surface area contributed by atoms with E-state index in [1.807, 2.05) is 0 Å². The fourth-order valence-corrected chi connectivity index (χ4v) is 2.25. The van der Waals surface area contributed by atoms with Crippen LogP contribution in [0.1, 0.15) is 25.3 Å². The molecular formula is C14H19N. The lowest BCUT2D eigenvalue weighted by molar-refractivity contribution is 0.261. The van der Waals surface area contributed by atoms with Gasteiger partial charge in [0.1, 0.15) is 0 Å². The summed E-state index contributed by atoms with van der Waals surface area (Å²) in [5.41, 5.74) is 2.44. The van der Waals surface area contributed by atoms with Crippen molar-refractivity contribution in [3.8, 4) is 0 Å². The molecule has 1 nitrogen and oxygen atoms in total. The zero-order valence-electron chi connectivity index (χ0n) is 9.45. The van der Waals surface area contributed by atoms with Crippen LogP contribution in [0.15, 0.2) is 36.9 Å². The molecule has 1 unspecified atom stereocenters. The highest BCUT2D eigenvalue weighted by molar-refractivity contribution is 5.61. The first-order valence-corrected chi connectivity index (χ1v) is 5.76. The lowest BCUT2D eigenvalue weighted by atomic mass is 9.99. The Labute approximate surface area is 92.4 Å². The predicted molar refractivity (Wildman–Crippen MR) is 65.4 cm³/mol. The van der Waals surface area contributed by atoms with Crippen LogP contribution < -0.4 is 0 Å². The Morgan fingerprint density at radius 1 is 1.33 bits per heavy atom. The molecule has 1 aliphatic heterocycles. The summed E-state index contributed by atoms with van der Waals surface area (Å²) in [5.74, 6) is 0.805. The highest BCUT2D eigenvalue weighted by Crippen LogP contribution is 2.24. The molecule has 0 saturated carbocycles. The average molecular weight is 201 g/mol. The summed E-state index contributed by atoms with van der Waals surface area (Å²) >= 11 is 0. The minimum Gasteiger partial charge on any atom is -0.371 e. The van der Waals surface area contributed by atoms with Crippen molar-refractivity contribution in [2.24, 2.45) is 5.92 Å². The monoisotopic (exact) mass is 201 g/mol. The number of benzene rings is 1.